The van der Waals surface area contributed by atoms with Gasteiger partial charge >= 0.3 is 0 Å². The van der Waals surface area contributed by atoms with Gasteiger partial charge in [0.2, 0.25) is 0 Å². The Morgan fingerprint density at radius 2 is 1.77 bits per heavy atom. The summed E-state index contributed by atoms with van der Waals surface area (Å²) in [7, 11) is 0. The van der Waals surface area contributed by atoms with Crippen LogP contribution in [-0.2, 0) is 11.2 Å². The molecule has 4 heteroatoms. The molecule has 3 aromatic rings. The SMILES string of the molecule is CC[C@H](Oc1cccc2ccccc12)C(=O)NCCc1ccc(Cl)cc1. The maximum absolute atomic E-state index is 12.5. The van der Waals surface area contributed by atoms with E-state index in [4.69, 9.17) is 16.3 Å². The molecule has 0 saturated heterocycles. The van der Waals surface area contributed by atoms with Gasteiger partial charge in [0, 0.05) is 17.0 Å². The Morgan fingerprint density at radius 1 is 1.04 bits per heavy atom. The van der Waals surface area contributed by atoms with Crippen molar-refractivity contribution in [1.82, 2.24) is 5.32 Å². The van der Waals surface area contributed by atoms with Crippen LogP contribution in [0, 0.1) is 0 Å². The summed E-state index contributed by atoms with van der Waals surface area (Å²) in [5.74, 6) is 0.650. The molecular weight excluding hydrogens is 346 g/mol. The third-order valence-electron chi connectivity index (χ3n) is 4.31. The number of rotatable bonds is 7. The van der Waals surface area contributed by atoms with Gasteiger partial charge in [-0.3, -0.25) is 4.79 Å². The van der Waals surface area contributed by atoms with Crippen molar-refractivity contribution in [2.45, 2.75) is 25.9 Å². The van der Waals surface area contributed by atoms with Crippen molar-refractivity contribution < 1.29 is 9.53 Å². The highest BCUT2D eigenvalue weighted by Gasteiger charge is 2.18. The molecule has 3 rings (SSSR count). The number of carbonyl (C=O) groups is 1. The van der Waals surface area contributed by atoms with Gasteiger partial charge in [0.25, 0.3) is 5.91 Å². The standard InChI is InChI=1S/C22H22ClNO2/c1-2-20(22(25)24-15-14-16-10-12-18(23)13-11-16)26-21-9-5-7-17-6-3-4-8-19(17)21/h3-13,20H,2,14-15H2,1H3,(H,24,25)/t20-/m0/s1. The monoisotopic (exact) mass is 367 g/mol. The Morgan fingerprint density at radius 3 is 2.54 bits per heavy atom. The third kappa shape index (κ3) is 4.55. The number of hydrogen-bond donors (Lipinski definition) is 1. The number of fused-ring (bicyclic) bond motifs is 1. The molecule has 3 nitrogen and oxygen atoms in total. The lowest BCUT2D eigenvalue weighted by atomic mass is 10.1. The predicted octanol–water partition coefficient (Wildman–Crippen LogP) is 5.01. The molecule has 0 aliphatic rings. The minimum absolute atomic E-state index is 0.0885. The summed E-state index contributed by atoms with van der Waals surface area (Å²) in [6.07, 6.45) is 0.856. The highest BCUT2D eigenvalue weighted by Crippen LogP contribution is 2.26. The van der Waals surface area contributed by atoms with E-state index in [1.807, 2.05) is 73.7 Å². The molecule has 0 heterocycles. The number of halogens is 1. The molecule has 1 atom stereocenters. The molecular formula is C22H22ClNO2. The van der Waals surface area contributed by atoms with Crippen molar-refractivity contribution in [3.63, 3.8) is 0 Å². The molecule has 0 spiro atoms. The van der Waals surface area contributed by atoms with Crippen LogP contribution in [0.5, 0.6) is 5.75 Å². The van der Waals surface area contributed by atoms with Gasteiger partial charge in [0.15, 0.2) is 6.10 Å². The molecule has 3 aromatic carbocycles. The van der Waals surface area contributed by atoms with Gasteiger partial charge in [0.1, 0.15) is 5.75 Å². The van der Waals surface area contributed by atoms with E-state index >= 15 is 0 Å². The van der Waals surface area contributed by atoms with Crippen LogP contribution in [0.4, 0.5) is 0 Å². The average molecular weight is 368 g/mol. The van der Waals surface area contributed by atoms with Crippen LogP contribution in [0.1, 0.15) is 18.9 Å². The van der Waals surface area contributed by atoms with Crippen LogP contribution < -0.4 is 10.1 Å². The van der Waals surface area contributed by atoms with Crippen molar-refractivity contribution in [2.75, 3.05) is 6.54 Å². The fourth-order valence-electron chi connectivity index (χ4n) is 2.87. The highest BCUT2D eigenvalue weighted by molar-refractivity contribution is 6.30. The Hall–Kier alpha value is -2.52. The van der Waals surface area contributed by atoms with Crippen LogP contribution in [0.3, 0.4) is 0 Å². The topological polar surface area (TPSA) is 38.3 Å². The van der Waals surface area contributed by atoms with Gasteiger partial charge in [0.05, 0.1) is 0 Å². The lowest BCUT2D eigenvalue weighted by Gasteiger charge is -2.18. The predicted molar refractivity (Wildman–Crippen MR) is 107 cm³/mol. The first-order valence-corrected chi connectivity index (χ1v) is 9.21. The molecule has 26 heavy (non-hydrogen) atoms. The number of carbonyl (C=O) groups excluding carboxylic acids is 1. The van der Waals surface area contributed by atoms with Gasteiger partial charge in [-0.1, -0.05) is 67.1 Å². The Kier molecular flexibility index (Phi) is 6.13. The summed E-state index contributed by atoms with van der Waals surface area (Å²) in [6, 6.07) is 21.6. The molecule has 1 N–H and O–H groups in total. The minimum atomic E-state index is -0.508. The van der Waals surface area contributed by atoms with Gasteiger partial charge in [-0.05, 0) is 42.0 Å². The van der Waals surface area contributed by atoms with E-state index in [9.17, 15) is 4.79 Å². The number of ether oxygens (including phenoxy) is 1. The third-order valence-corrected chi connectivity index (χ3v) is 4.56. The molecule has 0 aromatic heterocycles. The first-order valence-electron chi connectivity index (χ1n) is 8.84. The number of nitrogens with one attached hydrogen (secondary N) is 1. The lowest BCUT2D eigenvalue weighted by molar-refractivity contribution is -0.128. The quantitative estimate of drug-likeness (QED) is 0.637. The Bertz CT molecular complexity index is 871. The summed E-state index contributed by atoms with van der Waals surface area (Å²) < 4.78 is 6.03. The zero-order valence-corrected chi connectivity index (χ0v) is 15.5. The lowest BCUT2D eigenvalue weighted by Crippen LogP contribution is -2.39. The van der Waals surface area contributed by atoms with Crippen molar-refractivity contribution in [3.8, 4) is 5.75 Å². The van der Waals surface area contributed by atoms with E-state index in [1.165, 1.54) is 0 Å². The molecule has 0 fully saturated rings. The summed E-state index contributed by atoms with van der Waals surface area (Å²) in [6.45, 7) is 2.52. The molecule has 0 aliphatic heterocycles. The van der Waals surface area contributed by atoms with Gasteiger partial charge in [-0.15, -0.1) is 0 Å². The van der Waals surface area contributed by atoms with E-state index in [1.54, 1.807) is 0 Å². The van der Waals surface area contributed by atoms with Crippen LogP contribution in [0.2, 0.25) is 5.02 Å². The van der Waals surface area contributed by atoms with Gasteiger partial charge in [-0.2, -0.15) is 0 Å². The van der Waals surface area contributed by atoms with Gasteiger partial charge < -0.3 is 10.1 Å². The molecule has 0 aliphatic carbocycles. The van der Waals surface area contributed by atoms with Crippen LogP contribution in [-0.4, -0.2) is 18.6 Å². The molecule has 0 bridgehead atoms. The largest absolute Gasteiger partial charge is 0.480 e. The van der Waals surface area contributed by atoms with E-state index in [0.29, 0.717) is 18.0 Å². The molecule has 0 unspecified atom stereocenters. The van der Waals surface area contributed by atoms with Crippen LogP contribution in [0.25, 0.3) is 10.8 Å². The molecule has 0 saturated carbocycles. The number of amides is 1. The molecule has 1 amide bonds. The van der Waals surface area contributed by atoms with E-state index in [2.05, 4.69) is 5.32 Å². The average Bonchev–Trinajstić information content (AvgIpc) is 2.67. The fraction of sp³-hybridized carbons (Fsp3) is 0.227. The minimum Gasteiger partial charge on any atom is -0.480 e. The van der Waals surface area contributed by atoms with Gasteiger partial charge in [-0.25, -0.2) is 0 Å². The maximum atomic E-state index is 12.5. The smallest absolute Gasteiger partial charge is 0.261 e. The van der Waals surface area contributed by atoms with E-state index in [0.717, 1.165) is 28.5 Å². The van der Waals surface area contributed by atoms with Crippen LogP contribution >= 0.6 is 11.6 Å². The second kappa shape index (κ2) is 8.72. The van der Waals surface area contributed by atoms with E-state index < -0.39 is 6.10 Å². The zero-order valence-electron chi connectivity index (χ0n) is 14.7. The van der Waals surface area contributed by atoms with Crippen molar-refractivity contribution in [2.24, 2.45) is 0 Å². The molecule has 0 radical (unpaired) electrons. The Labute approximate surface area is 158 Å². The number of hydrogen-bond acceptors (Lipinski definition) is 2. The normalized spacial score (nSPS) is 11.9. The van der Waals surface area contributed by atoms with E-state index in [-0.39, 0.29) is 5.91 Å². The van der Waals surface area contributed by atoms with Crippen LogP contribution in [0.15, 0.2) is 66.7 Å². The fourth-order valence-corrected chi connectivity index (χ4v) is 2.99. The van der Waals surface area contributed by atoms with Crippen molar-refractivity contribution in [3.05, 3.63) is 77.3 Å². The second-order valence-electron chi connectivity index (χ2n) is 6.16. The highest BCUT2D eigenvalue weighted by atomic mass is 35.5. The molecule has 134 valence electrons. The van der Waals surface area contributed by atoms with Crippen molar-refractivity contribution >= 4 is 28.3 Å². The second-order valence-corrected chi connectivity index (χ2v) is 6.60. The zero-order chi connectivity index (χ0) is 18.4. The van der Waals surface area contributed by atoms with Crippen molar-refractivity contribution in [1.29, 1.82) is 0 Å². The first kappa shape index (κ1) is 18.3. The summed E-state index contributed by atoms with van der Waals surface area (Å²) in [5, 5.41) is 5.80. The Balaban J connectivity index is 1.60. The number of benzene rings is 3. The maximum Gasteiger partial charge on any atom is 0.261 e. The first-order chi connectivity index (χ1) is 12.7. The summed E-state index contributed by atoms with van der Waals surface area (Å²) in [5.41, 5.74) is 1.14. The summed E-state index contributed by atoms with van der Waals surface area (Å²) in [4.78, 5) is 12.5. The summed E-state index contributed by atoms with van der Waals surface area (Å²) >= 11 is 5.89.